The molecule has 0 N–H and O–H groups in total. The monoisotopic (exact) mass is 423 g/mol. The topological polar surface area (TPSA) is 0 Å². The van der Waals surface area contributed by atoms with Crippen molar-refractivity contribution in [1.82, 2.24) is 0 Å². The molecular formula is C17H33GeSi4. The fraction of sp³-hybridized carbons (Fsp3) is 0.529. The molecule has 0 aromatic heterocycles. The molecule has 0 bridgehead atoms. The molecule has 0 spiro atoms. The van der Waals surface area contributed by atoms with E-state index in [0.29, 0.717) is 0 Å². The van der Waals surface area contributed by atoms with Crippen molar-refractivity contribution >= 4 is 50.3 Å². The molecule has 0 unspecified atom stereocenters. The molecule has 3 radical (unpaired) electrons. The van der Waals surface area contributed by atoms with Gasteiger partial charge in [-0.05, 0) is 0 Å². The van der Waals surface area contributed by atoms with Gasteiger partial charge < -0.3 is 0 Å². The van der Waals surface area contributed by atoms with E-state index in [2.05, 4.69) is 111 Å². The molecule has 5 heteroatoms. The van der Waals surface area contributed by atoms with Crippen LogP contribution in [0.25, 0.3) is 4.41 Å². The van der Waals surface area contributed by atoms with E-state index in [1.807, 2.05) is 0 Å². The summed E-state index contributed by atoms with van der Waals surface area (Å²) in [5.41, 5.74) is 4.31. The van der Waals surface area contributed by atoms with E-state index in [1.165, 1.54) is 5.56 Å². The molecular weight excluding hydrogens is 389 g/mol. The van der Waals surface area contributed by atoms with E-state index < -0.39 is 29.4 Å². The van der Waals surface area contributed by atoms with Gasteiger partial charge in [0.05, 0.1) is 0 Å². The fourth-order valence-electron chi connectivity index (χ4n) is 4.94. The normalized spacial score (nSPS) is 15.1. The van der Waals surface area contributed by atoms with Crippen LogP contribution in [0.1, 0.15) is 5.56 Å². The quantitative estimate of drug-likeness (QED) is 0.555. The maximum atomic E-state index is 2.88. The molecule has 1 rings (SSSR count). The Labute approximate surface area is 150 Å². The van der Waals surface area contributed by atoms with Crippen molar-refractivity contribution in [3.8, 4) is 0 Å². The molecule has 0 saturated carbocycles. The number of rotatable bonds is 5. The Balaban J connectivity index is 3.66. The van der Waals surface area contributed by atoms with Gasteiger partial charge in [0.25, 0.3) is 0 Å². The first-order valence-corrected chi connectivity index (χ1v) is 24.9. The maximum absolute atomic E-state index is 2.88. The van der Waals surface area contributed by atoms with Crippen LogP contribution in [0, 0.1) is 0 Å². The summed E-state index contributed by atoms with van der Waals surface area (Å²) in [7, 11) is -3.65. The molecule has 0 atom stereocenters. The average molecular weight is 422 g/mol. The van der Waals surface area contributed by atoms with Crippen LogP contribution in [-0.2, 0) is 0 Å². The molecule has 0 aliphatic rings. The third kappa shape index (κ3) is 3.88. The first-order valence-electron chi connectivity index (χ1n) is 8.24. The van der Waals surface area contributed by atoms with Crippen LogP contribution < -0.4 is 0 Å². The van der Waals surface area contributed by atoms with Crippen LogP contribution >= 0.6 is 0 Å². The van der Waals surface area contributed by atoms with E-state index in [9.17, 15) is 0 Å². The molecule has 0 amide bonds. The van der Waals surface area contributed by atoms with E-state index >= 15 is 0 Å². The van der Waals surface area contributed by atoms with Crippen molar-refractivity contribution in [3.63, 3.8) is 0 Å². The minimum atomic E-state index is -1.39. The molecule has 0 fully saturated rings. The van der Waals surface area contributed by atoms with Gasteiger partial charge in [-0.1, -0.05) is 0 Å². The summed E-state index contributed by atoms with van der Waals surface area (Å²) in [4.78, 5) is 0. The number of hydrogen-bond acceptors (Lipinski definition) is 0. The second kappa shape index (κ2) is 6.70. The molecule has 22 heavy (non-hydrogen) atoms. The first kappa shape index (κ1) is 20.4. The second-order valence-electron chi connectivity index (χ2n) is 9.48. The van der Waals surface area contributed by atoms with Gasteiger partial charge in [0.1, 0.15) is 0 Å². The van der Waals surface area contributed by atoms with Crippen LogP contribution in [0.2, 0.25) is 58.9 Å². The van der Waals surface area contributed by atoms with Gasteiger partial charge in [-0.2, -0.15) is 0 Å². The first-order chi connectivity index (χ1) is 9.74. The standard InChI is InChI=1S/C17H33GeSi4/c1-19(2,3)22(20(4,5)6,21(7,8)9)15-17(18)16-13-11-10-12-14-16/h10-15H,1-9H3/b17-15-. The van der Waals surface area contributed by atoms with Crippen LogP contribution in [0.4, 0.5) is 0 Å². The Bertz CT molecular complexity index is 494. The van der Waals surface area contributed by atoms with Crippen LogP contribution in [0.5, 0.6) is 0 Å². The molecule has 1 aromatic rings. The molecule has 0 aliphatic heterocycles. The van der Waals surface area contributed by atoms with Gasteiger partial charge >= 0.3 is 151 Å². The molecule has 0 aliphatic carbocycles. The van der Waals surface area contributed by atoms with E-state index in [1.54, 1.807) is 4.41 Å². The van der Waals surface area contributed by atoms with Crippen LogP contribution in [0.3, 0.4) is 0 Å². The minimum absolute atomic E-state index is 1.22. The fourth-order valence-corrected chi connectivity index (χ4v) is 104. The summed E-state index contributed by atoms with van der Waals surface area (Å²) in [5, 5.41) is 0. The Kier molecular flexibility index (Phi) is 6.22. The summed E-state index contributed by atoms with van der Waals surface area (Å²) in [6.07, 6.45) is 0. The van der Waals surface area contributed by atoms with Gasteiger partial charge in [0.15, 0.2) is 0 Å². The summed E-state index contributed by atoms with van der Waals surface area (Å²) in [6.45, 7) is 22.5. The van der Waals surface area contributed by atoms with E-state index in [0.717, 1.165) is 0 Å². The molecule has 1 aromatic carbocycles. The van der Waals surface area contributed by atoms with Crippen molar-refractivity contribution in [2.45, 2.75) is 58.9 Å². The molecule has 121 valence electrons. The predicted molar refractivity (Wildman–Crippen MR) is 116 cm³/mol. The summed E-state index contributed by atoms with van der Waals surface area (Å²) in [5.74, 6) is 0. The van der Waals surface area contributed by atoms with Gasteiger partial charge in [-0.15, -0.1) is 0 Å². The van der Waals surface area contributed by atoms with E-state index in [-0.39, 0.29) is 0 Å². The van der Waals surface area contributed by atoms with Crippen molar-refractivity contribution in [2.75, 3.05) is 0 Å². The van der Waals surface area contributed by atoms with Gasteiger partial charge in [-0.3, -0.25) is 0 Å². The summed E-state index contributed by atoms with van der Waals surface area (Å²) >= 11 is 2.36. The Morgan fingerprint density at radius 3 is 1.41 bits per heavy atom. The Hall–Kier alpha value is 0.370. The van der Waals surface area contributed by atoms with Gasteiger partial charge in [-0.25, -0.2) is 0 Å². The van der Waals surface area contributed by atoms with Crippen LogP contribution in [0.15, 0.2) is 36.0 Å². The zero-order valence-corrected chi connectivity index (χ0v) is 22.1. The number of hydrogen-bond donors (Lipinski definition) is 0. The molecule has 0 nitrogen and oxygen atoms in total. The Morgan fingerprint density at radius 2 is 1.09 bits per heavy atom. The SMILES string of the molecule is C[Si](C)(C)[Si](/C=[C](\[Ge])c1ccccc1)([Si](C)(C)C)[Si](C)(C)C. The van der Waals surface area contributed by atoms with Gasteiger partial charge in [0, 0.05) is 0 Å². The summed E-state index contributed by atoms with van der Waals surface area (Å²) < 4.78 is 1.54. The predicted octanol–water partition coefficient (Wildman–Crippen LogP) is 5.43. The molecule has 0 heterocycles. The van der Waals surface area contributed by atoms with Crippen molar-refractivity contribution < 1.29 is 0 Å². The zero-order valence-electron chi connectivity index (χ0n) is 16.0. The van der Waals surface area contributed by atoms with Crippen molar-refractivity contribution in [1.29, 1.82) is 0 Å². The van der Waals surface area contributed by atoms with E-state index in [4.69, 9.17) is 0 Å². The third-order valence-corrected chi connectivity index (χ3v) is 77.4. The van der Waals surface area contributed by atoms with Crippen molar-refractivity contribution in [2.24, 2.45) is 0 Å². The molecule has 0 saturated heterocycles. The zero-order chi connectivity index (χ0) is 17.4. The third-order valence-electron chi connectivity index (χ3n) is 4.99. The average Bonchev–Trinajstić information content (AvgIpc) is 2.32. The summed E-state index contributed by atoms with van der Waals surface area (Å²) in [6, 6.07) is 11.0. The van der Waals surface area contributed by atoms with Gasteiger partial charge in [0.2, 0.25) is 0 Å². The van der Waals surface area contributed by atoms with Crippen LogP contribution in [-0.4, -0.2) is 45.9 Å². The Morgan fingerprint density at radius 1 is 0.727 bits per heavy atom. The number of benzene rings is 1. The van der Waals surface area contributed by atoms with Crippen molar-refractivity contribution in [3.05, 3.63) is 41.6 Å². The second-order valence-corrected chi connectivity index (χ2v) is 51.1.